The van der Waals surface area contributed by atoms with Gasteiger partial charge < -0.3 is 9.84 Å². The highest BCUT2D eigenvalue weighted by atomic mass is 16.5. The van der Waals surface area contributed by atoms with Gasteiger partial charge in [0, 0.05) is 12.1 Å². The third-order valence-corrected chi connectivity index (χ3v) is 4.79. The fraction of sp³-hybridized carbons (Fsp3) is 0.261. The smallest absolute Gasteiger partial charge is 0.294 e. The number of ether oxygens (including phenoxy) is 1. The largest absolute Gasteiger partial charge is 0.503 e. The molecule has 2 aromatic rings. The van der Waals surface area contributed by atoms with Crippen molar-refractivity contribution in [2.45, 2.75) is 26.3 Å². The van der Waals surface area contributed by atoms with E-state index in [0.717, 1.165) is 0 Å². The number of ketones is 1. The molecule has 0 aliphatic carbocycles. The monoisotopic (exact) mass is 390 g/mol. The number of anilines is 1. The van der Waals surface area contributed by atoms with Gasteiger partial charge in [0.1, 0.15) is 5.75 Å². The third-order valence-electron chi connectivity index (χ3n) is 4.79. The Balaban J connectivity index is 2.15. The van der Waals surface area contributed by atoms with Crippen LogP contribution in [0.1, 0.15) is 37.4 Å². The molecule has 6 heteroatoms. The van der Waals surface area contributed by atoms with E-state index in [-0.39, 0.29) is 23.7 Å². The Morgan fingerprint density at radius 3 is 2.52 bits per heavy atom. The second kappa shape index (κ2) is 8.19. The van der Waals surface area contributed by atoms with Crippen molar-refractivity contribution in [1.29, 1.82) is 5.26 Å². The van der Waals surface area contributed by atoms with Gasteiger partial charge in [0.2, 0.25) is 0 Å². The number of aliphatic hydroxyl groups is 1. The number of Topliss-reactive ketones (excluding diaryl/α,β-unsaturated/α-hetero) is 1. The number of hydrogen-bond acceptors (Lipinski definition) is 5. The maximum Gasteiger partial charge on any atom is 0.294 e. The van der Waals surface area contributed by atoms with E-state index in [2.05, 4.69) is 0 Å². The lowest BCUT2D eigenvalue weighted by atomic mass is 9.92. The van der Waals surface area contributed by atoms with E-state index < -0.39 is 17.7 Å². The van der Waals surface area contributed by atoms with Gasteiger partial charge in [-0.15, -0.1) is 0 Å². The van der Waals surface area contributed by atoms with Crippen molar-refractivity contribution in [1.82, 2.24) is 0 Å². The second-order valence-corrected chi connectivity index (χ2v) is 7.30. The first-order valence-corrected chi connectivity index (χ1v) is 9.31. The summed E-state index contributed by atoms with van der Waals surface area (Å²) in [5, 5.41) is 19.7. The van der Waals surface area contributed by atoms with E-state index in [1.165, 1.54) is 12.0 Å². The maximum absolute atomic E-state index is 13.0. The molecule has 2 aromatic carbocycles. The summed E-state index contributed by atoms with van der Waals surface area (Å²) in [6.45, 7) is 3.82. The van der Waals surface area contributed by atoms with Crippen LogP contribution < -0.4 is 9.64 Å². The Bertz CT molecular complexity index is 1020. The summed E-state index contributed by atoms with van der Waals surface area (Å²) in [6, 6.07) is 14.8. The molecule has 6 nitrogen and oxygen atoms in total. The van der Waals surface area contributed by atoms with Crippen LogP contribution >= 0.6 is 0 Å². The normalized spacial score (nSPS) is 16.3. The Kier molecular flexibility index (Phi) is 5.69. The summed E-state index contributed by atoms with van der Waals surface area (Å²) >= 11 is 0. The molecular weight excluding hydrogens is 368 g/mol. The van der Waals surface area contributed by atoms with Crippen LogP contribution in [0.4, 0.5) is 5.69 Å². The van der Waals surface area contributed by atoms with E-state index in [9.17, 15) is 14.7 Å². The maximum atomic E-state index is 13.0. The van der Waals surface area contributed by atoms with Gasteiger partial charge in [-0.05, 0) is 47.9 Å². The molecule has 1 N–H and O–H groups in total. The average Bonchev–Trinajstić information content (AvgIpc) is 2.98. The summed E-state index contributed by atoms with van der Waals surface area (Å²) in [7, 11) is 1.54. The minimum absolute atomic E-state index is 0.0767. The van der Waals surface area contributed by atoms with Crippen molar-refractivity contribution < 1.29 is 19.4 Å². The van der Waals surface area contributed by atoms with E-state index in [0.29, 0.717) is 22.6 Å². The Hall–Kier alpha value is -3.59. The van der Waals surface area contributed by atoms with E-state index in [1.807, 2.05) is 19.9 Å². The third kappa shape index (κ3) is 3.85. The van der Waals surface area contributed by atoms with Gasteiger partial charge in [0.25, 0.3) is 5.91 Å². The lowest BCUT2D eigenvalue weighted by Crippen LogP contribution is -2.31. The van der Waals surface area contributed by atoms with Crippen molar-refractivity contribution >= 4 is 17.4 Å². The van der Waals surface area contributed by atoms with Crippen LogP contribution in [0, 0.1) is 17.2 Å². The predicted molar refractivity (Wildman–Crippen MR) is 108 cm³/mol. The summed E-state index contributed by atoms with van der Waals surface area (Å²) in [4.78, 5) is 27.3. The van der Waals surface area contributed by atoms with Crippen molar-refractivity contribution in [2.24, 2.45) is 5.92 Å². The molecule has 1 aliphatic rings. The molecule has 0 bridgehead atoms. The topological polar surface area (TPSA) is 90.6 Å². The predicted octanol–water partition coefficient (Wildman–Crippen LogP) is 4.08. The molecule has 3 rings (SSSR count). The van der Waals surface area contributed by atoms with Gasteiger partial charge in [-0.25, -0.2) is 0 Å². The number of nitrogens with zero attached hydrogens (tertiary/aromatic N) is 2. The Morgan fingerprint density at radius 1 is 1.24 bits per heavy atom. The van der Waals surface area contributed by atoms with Gasteiger partial charge in [0.15, 0.2) is 11.5 Å². The van der Waals surface area contributed by atoms with Gasteiger partial charge in [0.05, 0.1) is 30.4 Å². The molecule has 0 saturated heterocycles. The summed E-state index contributed by atoms with van der Waals surface area (Å²) in [6.07, 6.45) is 0.217. The number of rotatable bonds is 6. The molecule has 0 aromatic heterocycles. The zero-order valence-corrected chi connectivity index (χ0v) is 16.5. The summed E-state index contributed by atoms with van der Waals surface area (Å²) in [5.41, 5.74) is 1.67. The summed E-state index contributed by atoms with van der Waals surface area (Å²) < 4.78 is 5.30. The van der Waals surface area contributed by atoms with Crippen LogP contribution in [0.15, 0.2) is 59.9 Å². The molecule has 0 fully saturated rings. The number of hydrogen-bond donors (Lipinski definition) is 1. The quantitative estimate of drug-likeness (QED) is 0.802. The molecular formula is C23H22N2O4. The van der Waals surface area contributed by atoms with Crippen LogP contribution in [0.3, 0.4) is 0 Å². The first kappa shape index (κ1) is 20.2. The van der Waals surface area contributed by atoms with Crippen LogP contribution in [0.2, 0.25) is 0 Å². The lowest BCUT2D eigenvalue weighted by molar-refractivity contribution is -0.118. The van der Waals surface area contributed by atoms with Crippen molar-refractivity contribution in [3.63, 3.8) is 0 Å². The van der Waals surface area contributed by atoms with Crippen molar-refractivity contribution in [3.05, 3.63) is 71.0 Å². The van der Waals surface area contributed by atoms with E-state index in [4.69, 9.17) is 10.00 Å². The molecule has 0 spiro atoms. The average molecular weight is 390 g/mol. The fourth-order valence-corrected chi connectivity index (χ4v) is 3.46. The highest BCUT2D eigenvalue weighted by Gasteiger charge is 2.44. The number of methoxy groups -OCH3 is 1. The van der Waals surface area contributed by atoms with Crippen LogP contribution in [0.5, 0.6) is 5.75 Å². The van der Waals surface area contributed by atoms with Gasteiger partial charge in [-0.3, -0.25) is 14.5 Å². The van der Waals surface area contributed by atoms with Crippen molar-refractivity contribution in [2.75, 3.05) is 12.0 Å². The molecule has 148 valence electrons. The molecule has 1 aliphatic heterocycles. The number of nitriles is 1. The minimum Gasteiger partial charge on any atom is -0.503 e. The van der Waals surface area contributed by atoms with Crippen molar-refractivity contribution in [3.8, 4) is 11.8 Å². The molecule has 0 radical (unpaired) electrons. The molecule has 1 unspecified atom stereocenters. The van der Waals surface area contributed by atoms with Crippen LogP contribution in [0.25, 0.3) is 0 Å². The Morgan fingerprint density at radius 2 is 1.93 bits per heavy atom. The highest BCUT2D eigenvalue weighted by molar-refractivity contribution is 6.16. The van der Waals surface area contributed by atoms with Gasteiger partial charge >= 0.3 is 0 Å². The fourth-order valence-electron chi connectivity index (χ4n) is 3.46. The van der Waals surface area contributed by atoms with Crippen LogP contribution in [-0.4, -0.2) is 23.9 Å². The molecule has 1 atom stereocenters. The minimum atomic E-state index is -0.781. The molecule has 0 saturated carbocycles. The number of benzene rings is 2. The van der Waals surface area contributed by atoms with E-state index >= 15 is 0 Å². The summed E-state index contributed by atoms with van der Waals surface area (Å²) in [5.74, 6) is -0.790. The Labute approximate surface area is 169 Å². The SMILES string of the molecule is COc1cccc(C2C(C(=O)CC(C)C)=C(O)C(=O)N2c2ccc(C#N)cc2)c1. The van der Waals surface area contributed by atoms with E-state index in [1.54, 1.807) is 48.5 Å². The number of carbonyl (C=O) groups excluding carboxylic acids is 2. The second-order valence-electron chi connectivity index (χ2n) is 7.30. The molecule has 1 amide bonds. The van der Waals surface area contributed by atoms with Crippen LogP contribution in [-0.2, 0) is 9.59 Å². The standard InChI is InChI=1S/C23H22N2O4/c1-14(2)11-19(26)20-21(16-5-4-6-18(12-16)29-3)25(23(28)22(20)27)17-9-7-15(13-24)8-10-17/h4-10,12,14,21,27H,11H2,1-3H3. The zero-order chi connectivity index (χ0) is 21.1. The first-order valence-electron chi connectivity index (χ1n) is 9.31. The molecule has 29 heavy (non-hydrogen) atoms. The number of aliphatic hydroxyl groups excluding tert-OH is 1. The van der Waals surface area contributed by atoms with Gasteiger partial charge in [-0.2, -0.15) is 5.26 Å². The lowest BCUT2D eigenvalue weighted by Gasteiger charge is -2.27. The zero-order valence-electron chi connectivity index (χ0n) is 16.5. The highest BCUT2D eigenvalue weighted by Crippen LogP contribution is 2.42. The van der Waals surface area contributed by atoms with Gasteiger partial charge in [-0.1, -0.05) is 26.0 Å². The number of carbonyl (C=O) groups is 2. The molecule has 1 heterocycles. The first-order chi connectivity index (χ1) is 13.9. The number of amides is 1.